The topological polar surface area (TPSA) is 67.3 Å². The number of hydrogen-bond donors (Lipinski definition) is 1. The molecule has 31 heavy (non-hydrogen) atoms. The van der Waals surface area contributed by atoms with E-state index in [4.69, 9.17) is 4.74 Å². The molecule has 0 spiro atoms. The van der Waals surface area contributed by atoms with E-state index < -0.39 is 0 Å². The van der Waals surface area contributed by atoms with Crippen molar-refractivity contribution in [1.82, 2.24) is 20.2 Å². The molecular formula is C25H28N4O2. The standard InChI is InChI=1S/C25H28N4O2/c1-18-17-23(27-19(2)26-18)31-22-13-15-29(16-14-22)25(30)28-24(20-9-5-3-6-10-20)21-11-7-4-8-12-21/h3-12,17,22,24H,13-16H2,1-2H3,(H,28,30). The van der Waals surface area contributed by atoms with Crippen LogP contribution in [0.4, 0.5) is 4.79 Å². The summed E-state index contributed by atoms with van der Waals surface area (Å²) in [4.78, 5) is 23.6. The monoisotopic (exact) mass is 416 g/mol. The van der Waals surface area contributed by atoms with Crippen LogP contribution in [-0.2, 0) is 0 Å². The lowest BCUT2D eigenvalue weighted by Gasteiger charge is -2.33. The molecule has 4 rings (SSSR count). The molecule has 6 nitrogen and oxygen atoms in total. The molecule has 2 amide bonds. The summed E-state index contributed by atoms with van der Waals surface area (Å²) in [5.41, 5.74) is 3.02. The Balaban J connectivity index is 1.38. The number of nitrogens with one attached hydrogen (secondary N) is 1. The lowest BCUT2D eigenvalue weighted by molar-refractivity contribution is 0.106. The Hall–Kier alpha value is -3.41. The summed E-state index contributed by atoms with van der Waals surface area (Å²) in [5, 5.41) is 3.22. The van der Waals surface area contributed by atoms with Crippen molar-refractivity contribution >= 4 is 6.03 Å². The number of amides is 2. The van der Waals surface area contributed by atoms with Gasteiger partial charge in [-0.3, -0.25) is 0 Å². The van der Waals surface area contributed by atoms with E-state index in [1.165, 1.54) is 0 Å². The maximum absolute atomic E-state index is 13.1. The number of urea groups is 1. The predicted octanol–water partition coefficient (Wildman–Crippen LogP) is 4.44. The third-order valence-electron chi connectivity index (χ3n) is 5.49. The number of benzene rings is 2. The van der Waals surface area contributed by atoms with Gasteiger partial charge in [0.25, 0.3) is 0 Å². The van der Waals surface area contributed by atoms with Gasteiger partial charge in [0, 0.05) is 37.7 Å². The Morgan fingerprint density at radius 3 is 2.10 bits per heavy atom. The van der Waals surface area contributed by atoms with Gasteiger partial charge in [0.15, 0.2) is 0 Å². The quantitative estimate of drug-likeness (QED) is 0.668. The minimum absolute atomic E-state index is 0.0510. The number of nitrogens with zero attached hydrogens (tertiary/aromatic N) is 3. The number of carbonyl (C=O) groups excluding carboxylic acids is 1. The largest absolute Gasteiger partial charge is 0.474 e. The molecule has 0 radical (unpaired) electrons. The molecule has 1 aromatic heterocycles. The molecule has 2 heterocycles. The Morgan fingerprint density at radius 2 is 1.55 bits per heavy atom. The van der Waals surface area contributed by atoms with Gasteiger partial charge in [-0.15, -0.1) is 0 Å². The minimum atomic E-state index is -0.184. The van der Waals surface area contributed by atoms with Crippen molar-refractivity contribution in [2.45, 2.75) is 38.8 Å². The van der Waals surface area contributed by atoms with E-state index in [1.54, 1.807) is 0 Å². The van der Waals surface area contributed by atoms with Crippen LogP contribution in [0.25, 0.3) is 0 Å². The Labute approximate surface area is 183 Å². The van der Waals surface area contributed by atoms with E-state index in [-0.39, 0.29) is 18.2 Å². The van der Waals surface area contributed by atoms with Gasteiger partial charge in [0.05, 0.1) is 6.04 Å². The summed E-state index contributed by atoms with van der Waals surface area (Å²) < 4.78 is 6.06. The molecule has 6 heteroatoms. The highest BCUT2D eigenvalue weighted by Crippen LogP contribution is 2.23. The van der Waals surface area contributed by atoms with Crippen LogP contribution in [0, 0.1) is 13.8 Å². The number of piperidine rings is 1. The highest BCUT2D eigenvalue weighted by atomic mass is 16.5. The lowest BCUT2D eigenvalue weighted by atomic mass is 9.99. The fourth-order valence-corrected chi connectivity index (χ4v) is 3.96. The second-order valence-electron chi connectivity index (χ2n) is 7.90. The van der Waals surface area contributed by atoms with E-state index in [0.717, 1.165) is 29.7 Å². The van der Waals surface area contributed by atoms with E-state index in [2.05, 4.69) is 15.3 Å². The van der Waals surface area contributed by atoms with Gasteiger partial charge in [-0.2, -0.15) is 4.98 Å². The fraction of sp³-hybridized carbons (Fsp3) is 0.320. The van der Waals surface area contributed by atoms with E-state index >= 15 is 0 Å². The molecule has 0 bridgehead atoms. The van der Waals surface area contributed by atoms with Crippen LogP contribution in [0.3, 0.4) is 0 Å². The number of carbonyl (C=O) groups is 1. The van der Waals surface area contributed by atoms with Crippen molar-refractivity contribution in [3.63, 3.8) is 0 Å². The molecular weight excluding hydrogens is 388 g/mol. The van der Waals surface area contributed by atoms with Crippen LogP contribution in [0.1, 0.15) is 41.5 Å². The summed E-state index contributed by atoms with van der Waals surface area (Å²) in [6.07, 6.45) is 1.60. The average molecular weight is 417 g/mol. The average Bonchev–Trinajstić information content (AvgIpc) is 2.78. The van der Waals surface area contributed by atoms with Crippen molar-refractivity contribution in [3.8, 4) is 5.88 Å². The second kappa shape index (κ2) is 9.60. The van der Waals surface area contributed by atoms with Gasteiger partial charge in [-0.1, -0.05) is 60.7 Å². The maximum atomic E-state index is 13.1. The van der Waals surface area contributed by atoms with Gasteiger partial charge >= 0.3 is 6.03 Å². The Bertz CT molecular complexity index is 943. The summed E-state index contributed by atoms with van der Waals surface area (Å²) in [6.45, 7) is 5.10. The van der Waals surface area contributed by atoms with E-state index in [1.807, 2.05) is 85.5 Å². The zero-order chi connectivity index (χ0) is 21.6. The summed E-state index contributed by atoms with van der Waals surface area (Å²) in [7, 11) is 0. The molecule has 0 aliphatic carbocycles. The molecule has 1 fully saturated rings. The molecule has 0 atom stereocenters. The first-order valence-electron chi connectivity index (χ1n) is 10.7. The number of aryl methyl sites for hydroxylation is 2. The molecule has 1 aliphatic rings. The molecule has 1 N–H and O–H groups in total. The van der Waals surface area contributed by atoms with Gasteiger partial charge in [0.2, 0.25) is 5.88 Å². The first kappa shape index (κ1) is 20.8. The van der Waals surface area contributed by atoms with E-state index in [9.17, 15) is 4.79 Å². The van der Waals surface area contributed by atoms with Crippen LogP contribution in [0.15, 0.2) is 66.7 Å². The fourth-order valence-electron chi connectivity index (χ4n) is 3.96. The Morgan fingerprint density at radius 1 is 0.968 bits per heavy atom. The highest BCUT2D eigenvalue weighted by molar-refractivity contribution is 5.75. The minimum Gasteiger partial charge on any atom is -0.474 e. The molecule has 3 aromatic rings. The molecule has 1 saturated heterocycles. The zero-order valence-corrected chi connectivity index (χ0v) is 18.0. The Kier molecular flexibility index (Phi) is 6.46. The van der Waals surface area contributed by atoms with Crippen LogP contribution in [0.2, 0.25) is 0 Å². The highest BCUT2D eigenvalue weighted by Gasteiger charge is 2.26. The molecule has 2 aromatic carbocycles. The molecule has 0 unspecified atom stereocenters. The summed E-state index contributed by atoms with van der Waals surface area (Å²) >= 11 is 0. The van der Waals surface area contributed by atoms with Gasteiger partial charge in [0.1, 0.15) is 11.9 Å². The van der Waals surface area contributed by atoms with Gasteiger partial charge < -0.3 is 15.0 Å². The van der Waals surface area contributed by atoms with Crippen LogP contribution >= 0.6 is 0 Å². The van der Waals surface area contributed by atoms with Crippen molar-refractivity contribution in [2.24, 2.45) is 0 Å². The summed E-state index contributed by atoms with van der Waals surface area (Å²) in [6, 6.07) is 21.8. The lowest BCUT2D eigenvalue weighted by Crippen LogP contribution is -2.47. The van der Waals surface area contributed by atoms with Crippen molar-refractivity contribution < 1.29 is 9.53 Å². The third-order valence-corrected chi connectivity index (χ3v) is 5.49. The van der Waals surface area contributed by atoms with Crippen molar-refractivity contribution in [2.75, 3.05) is 13.1 Å². The van der Waals surface area contributed by atoms with Gasteiger partial charge in [-0.25, -0.2) is 9.78 Å². The normalized spacial score (nSPS) is 14.5. The number of rotatable bonds is 5. The first-order chi connectivity index (χ1) is 15.1. The predicted molar refractivity (Wildman–Crippen MR) is 120 cm³/mol. The van der Waals surface area contributed by atoms with Crippen LogP contribution in [0.5, 0.6) is 5.88 Å². The molecule has 1 aliphatic heterocycles. The van der Waals surface area contributed by atoms with E-state index in [0.29, 0.717) is 24.8 Å². The third kappa shape index (κ3) is 5.40. The van der Waals surface area contributed by atoms with Crippen molar-refractivity contribution in [1.29, 1.82) is 0 Å². The zero-order valence-electron chi connectivity index (χ0n) is 18.0. The summed E-state index contributed by atoms with van der Waals surface area (Å²) in [5.74, 6) is 1.32. The van der Waals surface area contributed by atoms with Gasteiger partial charge in [-0.05, 0) is 25.0 Å². The molecule has 0 saturated carbocycles. The van der Waals surface area contributed by atoms with Crippen LogP contribution < -0.4 is 10.1 Å². The number of aromatic nitrogens is 2. The second-order valence-corrected chi connectivity index (χ2v) is 7.90. The number of ether oxygens (including phenoxy) is 1. The van der Waals surface area contributed by atoms with Crippen LogP contribution in [-0.4, -0.2) is 40.1 Å². The first-order valence-corrected chi connectivity index (χ1v) is 10.7. The smallest absolute Gasteiger partial charge is 0.318 e. The SMILES string of the molecule is Cc1cc(OC2CCN(C(=O)NC(c3ccccc3)c3ccccc3)CC2)nc(C)n1. The number of hydrogen-bond acceptors (Lipinski definition) is 4. The molecule has 160 valence electrons. The number of likely N-dealkylation sites (tertiary alicyclic amines) is 1. The van der Waals surface area contributed by atoms with Crippen molar-refractivity contribution in [3.05, 3.63) is 89.4 Å². The maximum Gasteiger partial charge on any atom is 0.318 e.